The van der Waals surface area contributed by atoms with Crippen LogP contribution in [0.2, 0.25) is 5.02 Å². The van der Waals surface area contributed by atoms with E-state index in [0.29, 0.717) is 23.3 Å². The van der Waals surface area contributed by atoms with Gasteiger partial charge in [-0.2, -0.15) is 4.98 Å². The average molecular weight is 395 g/mol. The van der Waals surface area contributed by atoms with Crippen molar-refractivity contribution >= 4 is 24.0 Å². The van der Waals surface area contributed by atoms with Gasteiger partial charge in [0, 0.05) is 49.7 Å². The highest BCUT2D eigenvalue weighted by atomic mass is 35.5. The van der Waals surface area contributed by atoms with Crippen molar-refractivity contribution in [1.82, 2.24) is 29.9 Å². The quantitative estimate of drug-likeness (QED) is 0.733. The summed E-state index contributed by atoms with van der Waals surface area (Å²) in [6.07, 6.45) is 3.79. The van der Waals surface area contributed by atoms with Gasteiger partial charge in [0.05, 0.1) is 12.6 Å². The van der Waals surface area contributed by atoms with Crippen LogP contribution in [0.3, 0.4) is 0 Å². The number of aryl methyl sites for hydroxylation is 1. The predicted molar refractivity (Wildman–Crippen MR) is 101 cm³/mol. The Hall–Kier alpha value is -1.93. The van der Waals surface area contributed by atoms with Gasteiger partial charge >= 0.3 is 0 Å². The second-order valence-corrected chi connectivity index (χ2v) is 6.54. The molecule has 0 saturated carbocycles. The Bertz CT molecular complexity index is 847. The number of imidazole rings is 1. The number of rotatable bonds is 4. The Kier molecular flexibility index (Phi) is 5.93. The van der Waals surface area contributed by atoms with E-state index in [-0.39, 0.29) is 18.4 Å². The lowest BCUT2D eigenvalue weighted by atomic mass is 10.1. The van der Waals surface area contributed by atoms with Crippen LogP contribution in [0.5, 0.6) is 0 Å². The van der Waals surface area contributed by atoms with Crippen LogP contribution in [0, 0.1) is 0 Å². The second kappa shape index (κ2) is 8.18. The lowest BCUT2D eigenvalue weighted by Crippen LogP contribution is -2.46. The van der Waals surface area contributed by atoms with E-state index in [1.165, 1.54) is 0 Å². The summed E-state index contributed by atoms with van der Waals surface area (Å²) in [5.41, 5.74) is 0.889. The third-order valence-corrected chi connectivity index (χ3v) is 4.67. The Labute approximate surface area is 162 Å². The molecule has 0 amide bonds. The Morgan fingerprint density at radius 3 is 2.85 bits per heavy atom. The van der Waals surface area contributed by atoms with E-state index >= 15 is 0 Å². The number of nitrogens with one attached hydrogen (secondary N) is 1. The van der Waals surface area contributed by atoms with Crippen LogP contribution in [0.4, 0.5) is 0 Å². The highest BCUT2D eigenvalue weighted by molar-refractivity contribution is 6.30. The molecule has 0 aliphatic carbocycles. The van der Waals surface area contributed by atoms with Gasteiger partial charge in [-0.15, -0.1) is 12.4 Å². The van der Waals surface area contributed by atoms with Crippen LogP contribution in [0.15, 0.2) is 41.2 Å². The summed E-state index contributed by atoms with van der Waals surface area (Å²) >= 11 is 5.93. The number of hydrogen-bond donors (Lipinski definition) is 1. The molecule has 1 aliphatic rings. The van der Waals surface area contributed by atoms with E-state index in [4.69, 9.17) is 16.1 Å². The summed E-state index contributed by atoms with van der Waals surface area (Å²) in [5.74, 6) is 2.21. The number of aromatic nitrogens is 4. The molecule has 4 rings (SSSR count). The summed E-state index contributed by atoms with van der Waals surface area (Å²) in [5, 5.41) is 8.21. The van der Waals surface area contributed by atoms with Crippen molar-refractivity contribution in [1.29, 1.82) is 0 Å². The van der Waals surface area contributed by atoms with Gasteiger partial charge in [0.15, 0.2) is 0 Å². The van der Waals surface area contributed by atoms with Gasteiger partial charge in [-0.3, -0.25) is 4.90 Å². The van der Waals surface area contributed by atoms with Crippen molar-refractivity contribution in [3.05, 3.63) is 53.4 Å². The van der Waals surface area contributed by atoms with Crippen LogP contribution in [-0.2, 0) is 13.6 Å². The minimum absolute atomic E-state index is 0. The molecule has 7 nitrogen and oxygen atoms in total. The van der Waals surface area contributed by atoms with Crippen LogP contribution in [0.25, 0.3) is 11.4 Å². The van der Waals surface area contributed by atoms with E-state index in [1.54, 1.807) is 0 Å². The molecule has 138 valence electrons. The fourth-order valence-corrected chi connectivity index (χ4v) is 3.22. The molecule has 1 fully saturated rings. The van der Waals surface area contributed by atoms with Crippen LogP contribution >= 0.6 is 24.0 Å². The van der Waals surface area contributed by atoms with Gasteiger partial charge in [0.2, 0.25) is 11.7 Å². The average Bonchev–Trinajstić information content (AvgIpc) is 3.25. The minimum atomic E-state index is 0. The minimum Gasteiger partial charge on any atom is -0.338 e. The van der Waals surface area contributed by atoms with Gasteiger partial charge in [-0.25, -0.2) is 4.98 Å². The number of piperazine rings is 1. The van der Waals surface area contributed by atoms with Gasteiger partial charge in [-0.05, 0) is 24.3 Å². The SMILES string of the molecule is Cl.Cn1ccnc1C1CNCCN1Cc1nc(-c2ccc(Cl)cc2)no1. The fraction of sp³-hybridized carbons (Fsp3) is 0.353. The van der Waals surface area contributed by atoms with Crippen LogP contribution in [0.1, 0.15) is 17.8 Å². The molecule has 1 aromatic carbocycles. The van der Waals surface area contributed by atoms with Gasteiger partial charge < -0.3 is 14.4 Å². The molecule has 0 spiro atoms. The van der Waals surface area contributed by atoms with Crippen molar-refractivity contribution in [2.75, 3.05) is 19.6 Å². The van der Waals surface area contributed by atoms with Crippen LogP contribution < -0.4 is 5.32 Å². The normalized spacial score (nSPS) is 17.8. The number of nitrogens with zero attached hydrogens (tertiary/aromatic N) is 5. The first kappa shape index (κ1) is 18.8. The van der Waals surface area contributed by atoms with Gasteiger partial charge in [-0.1, -0.05) is 16.8 Å². The van der Waals surface area contributed by atoms with E-state index in [9.17, 15) is 0 Å². The molecule has 26 heavy (non-hydrogen) atoms. The summed E-state index contributed by atoms with van der Waals surface area (Å²) in [6.45, 7) is 3.28. The topological polar surface area (TPSA) is 72.0 Å². The molecule has 1 atom stereocenters. The largest absolute Gasteiger partial charge is 0.338 e. The Morgan fingerprint density at radius 1 is 1.31 bits per heavy atom. The van der Waals surface area contributed by atoms with Crippen molar-refractivity contribution < 1.29 is 4.52 Å². The van der Waals surface area contributed by atoms with E-state index in [1.807, 2.05) is 43.7 Å². The fourth-order valence-electron chi connectivity index (χ4n) is 3.10. The van der Waals surface area contributed by atoms with Crippen molar-refractivity contribution in [2.24, 2.45) is 7.05 Å². The zero-order valence-electron chi connectivity index (χ0n) is 14.3. The summed E-state index contributed by atoms with van der Waals surface area (Å²) < 4.78 is 7.52. The predicted octanol–water partition coefficient (Wildman–Crippen LogP) is 2.69. The smallest absolute Gasteiger partial charge is 0.241 e. The zero-order chi connectivity index (χ0) is 17.2. The number of halogens is 2. The van der Waals surface area contributed by atoms with E-state index in [0.717, 1.165) is 31.0 Å². The third-order valence-electron chi connectivity index (χ3n) is 4.42. The maximum atomic E-state index is 5.93. The molecule has 1 N–H and O–H groups in total. The maximum absolute atomic E-state index is 5.93. The number of hydrogen-bond acceptors (Lipinski definition) is 6. The highest BCUT2D eigenvalue weighted by Gasteiger charge is 2.28. The Morgan fingerprint density at radius 2 is 2.12 bits per heavy atom. The molecule has 1 aliphatic heterocycles. The van der Waals surface area contributed by atoms with E-state index < -0.39 is 0 Å². The molecule has 9 heteroatoms. The molecule has 1 unspecified atom stereocenters. The van der Waals surface area contributed by atoms with Crippen molar-refractivity contribution in [3.63, 3.8) is 0 Å². The molecular weight excluding hydrogens is 375 g/mol. The van der Waals surface area contributed by atoms with Crippen molar-refractivity contribution in [3.8, 4) is 11.4 Å². The second-order valence-electron chi connectivity index (χ2n) is 6.11. The van der Waals surface area contributed by atoms with Gasteiger partial charge in [0.1, 0.15) is 5.82 Å². The van der Waals surface area contributed by atoms with Crippen molar-refractivity contribution in [2.45, 2.75) is 12.6 Å². The van der Waals surface area contributed by atoms with Gasteiger partial charge in [0.25, 0.3) is 0 Å². The zero-order valence-corrected chi connectivity index (χ0v) is 15.9. The molecule has 3 aromatic rings. The molecular formula is C17H20Cl2N6O. The molecule has 0 radical (unpaired) electrons. The first-order chi connectivity index (χ1) is 12.2. The first-order valence-electron chi connectivity index (χ1n) is 8.21. The molecule has 3 heterocycles. The highest BCUT2D eigenvalue weighted by Crippen LogP contribution is 2.24. The lowest BCUT2D eigenvalue weighted by Gasteiger charge is -2.34. The molecule has 2 aromatic heterocycles. The lowest BCUT2D eigenvalue weighted by molar-refractivity contribution is 0.128. The summed E-state index contributed by atoms with van der Waals surface area (Å²) in [7, 11) is 2.01. The summed E-state index contributed by atoms with van der Waals surface area (Å²) in [4.78, 5) is 11.3. The van der Waals surface area contributed by atoms with Crippen LogP contribution in [-0.4, -0.2) is 44.2 Å². The van der Waals surface area contributed by atoms with E-state index in [2.05, 4.69) is 29.9 Å². The first-order valence-corrected chi connectivity index (χ1v) is 8.59. The standard InChI is InChI=1S/C17H19ClN6O.ClH/c1-23-8-7-20-17(23)14-10-19-6-9-24(14)11-15-21-16(22-25-15)12-2-4-13(18)5-3-12;/h2-5,7-8,14,19H,6,9-11H2,1H3;1H. The summed E-state index contributed by atoms with van der Waals surface area (Å²) in [6, 6.07) is 7.59. The third kappa shape index (κ3) is 3.91. The monoisotopic (exact) mass is 394 g/mol. The molecule has 1 saturated heterocycles. The molecule has 0 bridgehead atoms. The Balaban J connectivity index is 0.00000196. The maximum Gasteiger partial charge on any atom is 0.241 e. The number of benzene rings is 1.